The molecule has 0 spiro atoms. The van der Waals surface area contributed by atoms with E-state index >= 15 is 0 Å². The Kier molecular flexibility index (Phi) is 3.24. The van der Waals surface area contributed by atoms with Crippen LogP contribution in [0.1, 0.15) is 33.3 Å². The Bertz CT molecular complexity index is 834. The molecule has 2 amide bonds. The van der Waals surface area contributed by atoms with Gasteiger partial charge in [-0.05, 0) is 18.6 Å². The molecule has 1 N–H and O–H groups in total. The van der Waals surface area contributed by atoms with E-state index in [1.165, 1.54) is 0 Å². The second-order valence-corrected chi connectivity index (χ2v) is 8.23. The van der Waals surface area contributed by atoms with Gasteiger partial charge in [0, 0.05) is 16.7 Å². The van der Waals surface area contributed by atoms with Crippen molar-refractivity contribution < 1.29 is 14.4 Å². The number of rotatable bonds is 1. The molecule has 0 aromatic heterocycles. The van der Waals surface area contributed by atoms with Crippen LogP contribution in [0.5, 0.6) is 0 Å². The molecule has 0 saturated carbocycles. The number of para-hydroxylation sites is 1. The van der Waals surface area contributed by atoms with Gasteiger partial charge in [-0.2, -0.15) is 0 Å². The van der Waals surface area contributed by atoms with Gasteiger partial charge in [-0.1, -0.05) is 45.0 Å². The molecule has 1 aromatic carbocycles. The van der Waals surface area contributed by atoms with Crippen molar-refractivity contribution in [1.82, 2.24) is 5.32 Å². The third-order valence-corrected chi connectivity index (χ3v) is 5.60. The molecule has 0 bridgehead atoms. The standard InChI is InChI=1S/C20H22N2O3/c1-10-9-13-14-15(19(25)21-18(14)24)16(17(23)20(2,3)4)22(13)12-8-6-5-7-11(10)12/h5-9,13-16H,1-4H3,(H,21,24,25)/t13-,14+,15-,16+/m0/s1. The lowest BCUT2D eigenvalue weighted by Crippen LogP contribution is -2.51. The van der Waals surface area contributed by atoms with Crippen LogP contribution in [0, 0.1) is 17.3 Å². The Morgan fingerprint density at radius 1 is 1.08 bits per heavy atom. The molecule has 3 heterocycles. The van der Waals surface area contributed by atoms with Crippen LogP contribution in [-0.2, 0) is 14.4 Å². The number of nitrogens with zero attached hydrogens (tertiary/aromatic N) is 1. The van der Waals surface area contributed by atoms with Gasteiger partial charge in [-0.15, -0.1) is 0 Å². The van der Waals surface area contributed by atoms with Crippen molar-refractivity contribution in [2.75, 3.05) is 4.90 Å². The zero-order chi connectivity index (χ0) is 18.1. The summed E-state index contributed by atoms with van der Waals surface area (Å²) in [6.45, 7) is 7.61. The number of anilines is 1. The van der Waals surface area contributed by atoms with Crippen molar-refractivity contribution in [1.29, 1.82) is 0 Å². The topological polar surface area (TPSA) is 66.5 Å². The highest BCUT2D eigenvalue weighted by Gasteiger charge is 2.62. The highest BCUT2D eigenvalue weighted by molar-refractivity contribution is 6.12. The first kappa shape index (κ1) is 16.1. The molecule has 4 atom stereocenters. The fraction of sp³-hybridized carbons (Fsp3) is 0.450. The molecule has 5 nitrogen and oxygen atoms in total. The van der Waals surface area contributed by atoms with E-state index in [0.717, 1.165) is 16.8 Å². The monoisotopic (exact) mass is 338 g/mol. The van der Waals surface area contributed by atoms with E-state index in [9.17, 15) is 14.4 Å². The van der Waals surface area contributed by atoms with Crippen molar-refractivity contribution >= 4 is 28.9 Å². The number of hydrogen-bond donors (Lipinski definition) is 1. The summed E-state index contributed by atoms with van der Waals surface area (Å²) in [6.07, 6.45) is 2.04. The zero-order valence-electron chi connectivity index (χ0n) is 14.9. The summed E-state index contributed by atoms with van der Waals surface area (Å²) in [4.78, 5) is 40.2. The summed E-state index contributed by atoms with van der Waals surface area (Å²) < 4.78 is 0. The Morgan fingerprint density at radius 2 is 1.72 bits per heavy atom. The number of Topliss-reactive ketones (excluding diaryl/α,β-unsaturated/α-hetero) is 1. The SMILES string of the molecule is CC1=C[C@H]2[C@H]3C(=O)NC(=O)[C@@H]3[C@H](C(=O)C(C)(C)C)N2c2ccccc21. The molecule has 3 aliphatic heterocycles. The lowest BCUT2D eigenvalue weighted by molar-refractivity contribution is -0.132. The van der Waals surface area contributed by atoms with Crippen molar-refractivity contribution in [3.63, 3.8) is 0 Å². The Morgan fingerprint density at radius 3 is 2.40 bits per heavy atom. The highest BCUT2D eigenvalue weighted by atomic mass is 16.2. The van der Waals surface area contributed by atoms with Crippen LogP contribution in [0.4, 0.5) is 5.69 Å². The fourth-order valence-electron chi connectivity index (χ4n) is 4.46. The average Bonchev–Trinajstić information content (AvgIpc) is 3.02. The summed E-state index contributed by atoms with van der Waals surface area (Å²) >= 11 is 0. The van der Waals surface area contributed by atoms with Gasteiger partial charge >= 0.3 is 0 Å². The Balaban J connectivity index is 1.93. The Labute approximate surface area is 147 Å². The normalized spacial score (nSPS) is 30.4. The van der Waals surface area contributed by atoms with Gasteiger partial charge in [0.1, 0.15) is 6.04 Å². The first-order valence-corrected chi connectivity index (χ1v) is 8.67. The molecule has 1 aromatic rings. The average molecular weight is 338 g/mol. The molecule has 0 unspecified atom stereocenters. The molecule has 3 aliphatic rings. The van der Waals surface area contributed by atoms with Crippen LogP contribution in [0.3, 0.4) is 0 Å². The maximum absolute atomic E-state index is 13.3. The van der Waals surface area contributed by atoms with Gasteiger partial charge in [0.2, 0.25) is 11.8 Å². The first-order chi connectivity index (χ1) is 11.7. The van der Waals surface area contributed by atoms with Gasteiger partial charge in [-0.25, -0.2) is 0 Å². The maximum Gasteiger partial charge on any atom is 0.233 e. The number of fused-ring (bicyclic) bond motifs is 5. The van der Waals surface area contributed by atoms with Crippen LogP contribution in [-0.4, -0.2) is 29.7 Å². The molecule has 2 fully saturated rings. The predicted octanol–water partition coefficient (Wildman–Crippen LogP) is 2.16. The number of hydrogen-bond acceptors (Lipinski definition) is 4. The van der Waals surface area contributed by atoms with E-state index in [1.54, 1.807) is 0 Å². The third-order valence-electron chi connectivity index (χ3n) is 5.60. The van der Waals surface area contributed by atoms with Gasteiger partial charge in [0.05, 0.1) is 17.9 Å². The van der Waals surface area contributed by atoms with Gasteiger partial charge in [-0.3, -0.25) is 19.7 Å². The summed E-state index contributed by atoms with van der Waals surface area (Å²) in [5.41, 5.74) is 2.47. The number of allylic oxidation sites excluding steroid dienone is 1. The number of carbonyl (C=O) groups is 3. The third kappa shape index (κ3) is 2.11. The molecule has 2 saturated heterocycles. The quantitative estimate of drug-likeness (QED) is 0.797. The van der Waals surface area contributed by atoms with Crippen molar-refractivity contribution in [2.24, 2.45) is 17.3 Å². The number of benzene rings is 1. The molecule has 130 valence electrons. The van der Waals surface area contributed by atoms with E-state index < -0.39 is 23.3 Å². The van der Waals surface area contributed by atoms with Gasteiger partial charge in [0.25, 0.3) is 0 Å². The summed E-state index contributed by atoms with van der Waals surface area (Å²) in [5, 5.41) is 2.44. The van der Waals surface area contributed by atoms with Crippen molar-refractivity contribution in [3.05, 3.63) is 35.9 Å². The number of nitrogens with one attached hydrogen (secondary N) is 1. The van der Waals surface area contributed by atoms with Crippen LogP contribution in [0.25, 0.3) is 5.57 Å². The number of imide groups is 1. The second kappa shape index (κ2) is 5.04. The smallest absolute Gasteiger partial charge is 0.233 e. The molecule has 0 aliphatic carbocycles. The molecular formula is C20H22N2O3. The highest BCUT2D eigenvalue weighted by Crippen LogP contribution is 2.49. The minimum atomic E-state index is -0.626. The van der Waals surface area contributed by atoms with Gasteiger partial charge in [0.15, 0.2) is 5.78 Å². The van der Waals surface area contributed by atoms with Gasteiger partial charge < -0.3 is 4.90 Å². The summed E-state index contributed by atoms with van der Waals surface area (Å²) in [5.74, 6) is -1.72. The maximum atomic E-state index is 13.3. The molecule has 0 radical (unpaired) electrons. The predicted molar refractivity (Wildman–Crippen MR) is 94.7 cm³/mol. The molecular weight excluding hydrogens is 316 g/mol. The van der Waals surface area contributed by atoms with E-state index in [-0.39, 0.29) is 23.6 Å². The number of amides is 2. The Hall–Kier alpha value is -2.43. The van der Waals surface area contributed by atoms with E-state index in [0.29, 0.717) is 0 Å². The number of carbonyl (C=O) groups excluding carboxylic acids is 3. The fourth-order valence-corrected chi connectivity index (χ4v) is 4.46. The molecule has 4 rings (SSSR count). The lowest BCUT2D eigenvalue weighted by Gasteiger charge is -2.39. The van der Waals surface area contributed by atoms with Crippen LogP contribution < -0.4 is 10.2 Å². The summed E-state index contributed by atoms with van der Waals surface area (Å²) in [7, 11) is 0. The minimum absolute atomic E-state index is 0.00222. The molecule has 5 heteroatoms. The number of ketones is 1. The largest absolute Gasteiger partial charge is 0.353 e. The summed E-state index contributed by atoms with van der Waals surface area (Å²) in [6, 6.07) is 7.02. The van der Waals surface area contributed by atoms with Crippen molar-refractivity contribution in [3.8, 4) is 0 Å². The van der Waals surface area contributed by atoms with E-state index in [4.69, 9.17) is 0 Å². The lowest BCUT2D eigenvalue weighted by atomic mass is 9.79. The minimum Gasteiger partial charge on any atom is -0.353 e. The zero-order valence-corrected chi connectivity index (χ0v) is 14.9. The second-order valence-electron chi connectivity index (χ2n) is 8.23. The van der Waals surface area contributed by atoms with E-state index in [2.05, 4.69) is 5.32 Å². The van der Waals surface area contributed by atoms with Crippen LogP contribution in [0.2, 0.25) is 0 Å². The van der Waals surface area contributed by atoms with Crippen LogP contribution in [0.15, 0.2) is 30.3 Å². The first-order valence-electron chi connectivity index (χ1n) is 8.67. The van der Waals surface area contributed by atoms with Crippen LogP contribution >= 0.6 is 0 Å². The van der Waals surface area contributed by atoms with Crippen molar-refractivity contribution in [2.45, 2.75) is 39.8 Å². The van der Waals surface area contributed by atoms with E-state index in [1.807, 2.05) is 62.9 Å². The molecule has 25 heavy (non-hydrogen) atoms.